The number of hydrogen-bond acceptors (Lipinski definition) is 4. The monoisotopic (exact) mass is 612 g/mol. The molecule has 234 valence electrons. The van der Waals surface area contributed by atoms with Gasteiger partial charge in [-0.05, 0) is 34.7 Å². The Labute approximate surface area is 271 Å². The first kappa shape index (κ1) is 38.3. The predicted molar refractivity (Wildman–Crippen MR) is 189 cm³/mol. The van der Waals surface area contributed by atoms with E-state index in [4.69, 9.17) is 10.5 Å². The maximum atomic E-state index is 10.3. The molecule has 5 aromatic rings. The highest BCUT2D eigenvalue weighted by Crippen LogP contribution is 2.38. The molecule has 0 radical (unpaired) electrons. The molecule has 0 aliphatic heterocycles. The molecular formula is C39H49ClN2O2. The lowest BCUT2D eigenvalue weighted by Crippen LogP contribution is -2.47. The van der Waals surface area contributed by atoms with Crippen LogP contribution in [-0.2, 0) is 10.3 Å². The van der Waals surface area contributed by atoms with Crippen molar-refractivity contribution in [1.82, 2.24) is 5.32 Å². The summed E-state index contributed by atoms with van der Waals surface area (Å²) in [4.78, 5) is 0. The van der Waals surface area contributed by atoms with Gasteiger partial charge in [-0.2, -0.15) is 0 Å². The molecule has 0 saturated heterocycles. The Morgan fingerprint density at radius 2 is 0.955 bits per heavy atom. The molecule has 0 heterocycles. The van der Waals surface area contributed by atoms with E-state index in [0.29, 0.717) is 6.61 Å². The van der Waals surface area contributed by atoms with E-state index in [1.54, 1.807) is 0 Å². The van der Waals surface area contributed by atoms with Gasteiger partial charge in [-0.1, -0.05) is 167 Å². The van der Waals surface area contributed by atoms with E-state index in [0.717, 1.165) is 34.4 Å². The fraction of sp³-hybridized carbons (Fsp3) is 0.231. The van der Waals surface area contributed by atoms with Crippen molar-refractivity contribution >= 4 is 12.4 Å². The summed E-state index contributed by atoms with van der Waals surface area (Å²) in [5.74, 6) is 0. The van der Waals surface area contributed by atoms with Crippen molar-refractivity contribution in [2.75, 3.05) is 19.8 Å². The van der Waals surface area contributed by atoms with E-state index < -0.39 is 5.54 Å². The normalized spacial score (nSPS) is 11.7. The Hall–Kier alpha value is -3.77. The van der Waals surface area contributed by atoms with Crippen LogP contribution in [0.1, 0.15) is 61.7 Å². The number of halogens is 1. The SMILES string of the molecule is C.C.CCOC[C@@H](N)c1ccccc1.Cl.OC[C@@H](NC(c1ccccc1)(c1ccccc1)c1ccccc1)c1ccccc1. The molecule has 0 amide bonds. The number of aliphatic hydroxyl groups is 1. The summed E-state index contributed by atoms with van der Waals surface area (Å²) in [6.45, 7) is 3.29. The average molecular weight is 613 g/mol. The Morgan fingerprint density at radius 1 is 0.614 bits per heavy atom. The molecule has 0 aromatic heterocycles. The molecule has 0 bridgehead atoms. The molecule has 0 saturated carbocycles. The minimum absolute atomic E-state index is 0. The van der Waals surface area contributed by atoms with Crippen LogP contribution in [0.2, 0.25) is 0 Å². The number of benzene rings is 5. The average Bonchev–Trinajstić information content (AvgIpc) is 3.07. The van der Waals surface area contributed by atoms with Gasteiger partial charge >= 0.3 is 0 Å². The second kappa shape index (κ2) is 20.2. The lowest BCUT2D eigenvalue weighted by molar-refractivity contribution is 0.133. The van der Waals surface area contributed by atoms with Crippen LogP contribution in [-0.4, -0.2) is 24.9 Å². The van der Waals surface area contributed by atoms with E-state index in [1.807, 2.05) is 73.7 Å². The molecule has 5 rings (SSSR count). The third-order valence-corrected chi connectivity index (χ3v) is 7.12. The largest absolute Gasteiger partial charge is 0.394 e. The van der Waals surface area contributed by atoms with Gasteiger partial charge in [0.15, 0.2) is 0 Å². The molecule has 2 atom stereocenters. The van der Waals surface area contributed by atoms with Gasteiger partial charge in [0.05, 0.1) is 30.8 Å². The third kappa shape index (κ3) is 9.88. The summed E-state index contributed by atoms with van der Waals surface area (Å²) in [6, 6.07) is 51.2. The van der Waals surface area contributed by atoms with E-state index in [1.165, 1.54) is 0 Å². The summed E-state index contributed by atoms with van der Waals surface area (Å²) in [5.41, 5.74) is 10.8. The number of ether oxygens (including phenoxy) is 1. The van der Waals surface area contributed by atoms with Crippen LogP contribution < -0.4 is 11.1 Å². The van der Waals surface area contributed by atoms with Crippen molar-refractivity contribution in [2.45, 2.75) is 39.4 Å². The fourth-order valence-electron chi connectivity index (χ4n) is 5.04. The Bertz CT molecular complexity index is 1290. The van der Waals surface area contributed by atoms with Crippen molar-refractivity contribution in [1.29, 1.82) is 0 Å². The lowest BCUT2D eigenvalue weighted by Gasteiger charge is -2.40. The van der Waals surface area contributed by atoms with Gasteiger partial charge in [0.25, 0.3) is 0 Å². The van der Waals surface area contributed by atoms with Crippen molar-refractivity contribution in [3.8, 4) is 0 Å². The van der Waals surface area contributed by atoms with Crippen molar-refractivity contribution in [3.05, 3.63) is 179 Å². The topological polar surface area (TPSA) is 67.5 Å². The molecule has 0 aliphatic carbocycles. The van der Waals surface area contributed by atoms with Gasteiger partial charge in [-0.25, -0.2) is 0 Å². The first-order valence-electron chi connectivity index (χ1n) is 14.2. The van der Waals surface area contributed by atoms with Gasteiger partial charge in [0.2, 0.25) is 0 Å². The molecule has 4 nitrogen and oxygen atoms in total. The quantitative estimate of drug-likeness (QED) is 0.130. The van der Waals surface area contributed by atoms with Crippen LogP contribution in [0.15, 0.2) is 152 Å². The second-order valence-electron chi connectivity index (χ2n) is 9.81. The van der Waals surface area contributed by atoms with E-state index in [-0.39, 0.29) is 46.0 Å². The van der Waals surface area contributed by atoms with Crippen LogP contribution in [0, 0.1) is 0 Å². The van der Waals surface area contributed by atoms with Gasteiger partial charge < -0.3 is 15.6 Å². The van der Waals surface area contributed by atoms with Crippen molar-refractivity contribution < 1.29 is 9.84 Å². The number of rotatable bonds is 11. The second-order valence-corrected chi connectivity index (χ2v) is 9.81. The van der Waals surface area contributed by atoms with Crippen molar-refractivity contribution in [2.24, 2.45) is 5.73 Å². The number of hydrogen-bond donors (Lipinski definition) is 3. The summed E-state index contributed by atoms with van der Waals surface area (Å²) < 4.78 is 5.22. The standard InChI is InChI=1S/C27H25NO.C10H15NO.2CH4.ClH/c29-21-26(22-13-5-1-6-14-22)28-27(23-15-7-2-8-16-23,24-17-9-3-10-18-24)25-19-11-4-12-20-25;1-2-12-8-10(11)9-6-4-3-5-7-9;;;/h1-20,26,28-29H,21H2;3-7,10H,2,8,11H2,1H3;2*1H4;1H/t26-;10-;;;/m11.../s1. The summed E-state index contributed by atoms with van der Waals surface area (Å²) >= 11 is 0. The molecule has 4 N–H and O–H groups in total. The van der Waals surface area contributed by atoms with E-state index in [9.17, 15) is 5.11 Å². The van der Waals surface area contributed by atoms with Crippen molar-refractivity contribution in [3.63, 3.8) is 0 Å². The van der Waals surface area contributed by atoms with Gasteiger partial charge in [0, 0.05) is 6.61 Å². The number of nitrogens with two attached hydrogens (primary N) is 1. The Morgan fingerprint density at radius 3 is 1.30 bits per heavy atom. The summed E-state index contributed by atoms with van der Waals surface area (Å²) in [6.07, 6.45) is 0. The summed E-state index contributed by atoms with van der Waals surface area (Å²) in [7, 11) is 0. The van der Waals surface area contributed by atoms with Gasteiger partial charge in [-0.3, -0.25) is 5.32 Å². The highest BCUT2D eigenvalue weighted by Gasteiger charge is 2.38. The molecule has 0 fully saturated rings. The Kier molecular flexibility index (Phi) is 17.6. The fourth-order valence-corrected chi connectivity index (χ4v) is 5.04. The lowest BCUT2D eigenvalue weighted by atomic mass is 9.76. The number of aliphatic hydroxyl groups excluding tert-OH is 1. The highest BCUT2D eigenvalue weighted by atomic mass is 35.5. The third-order valence-electron chi connectivity index (χ3n) is 7.12. The zero-order valence-corrected chi connectivity index (χ0v) is 24.9. The van der Waals surface area contributed by atoms with E-state index in [2.05, 4.69) is 90.2 Å². The first-order valence-corrected chi connectivity index (χ1v) is 14.2. The highest BCUT2D eigenvalue weighted by molar-refractivity contribution is 5.85. The van der Waals surface area contributed by atoms with Crippen LogP contribution in [0.5, 0.6) is 0 Å². The number of nitrogens with one attached hydrogen (secondary N) is 1. The predicted octanol–water partition coefficient (Wildman–Crippen LogP) is 8.72. The van der Waals surface area contributed by atoms with Crippen LogP contribution in [0.3, 0.4) is 0 Å². The molecule has 0 spiro atoms. The van der Waals surface area contributed by atoms with Crippen LogP contribution in [0.4, 0.5) is 0 Å². The van der Waals surface area contributed by atoms with Gasteiger partial charge in [0.1, 0.15) is 0 Å². The maximum absolute atomic E-state index is 10.3. The smallest absolute Gasteiger partial charge is 0.0953 e. The Balaban J connectivity index is 0.000000552. The maximum Gasteiger partial charge on any atom is 0.0953 e. The molecule has 5 heteroatoms. The van der Waals surface area contributed by atoms with Crippen LogP contribution >= 0.6 is 12.4 Å². The molecule has 0 aliphatic rings. The molecule has 44 heavy (non-hydrogen) atoms. The minimum Gasteiger partial charge on any atom is -0.394 e. The summed E-state index contributed by atoms with van der Waals surface area (Å²) in [5, 5.41) is 14.2. The zero-order valence-electron chi connectivity index (χ0n) is 24.1. The van der Waals surface area contributed by atoms with E-state index >= 15 is 0 Å². The molecular weight excluding hydrogens is 564 g/mol. The zero-order chi connectivity index (χ0) is 28.8. The molecule has 0 unspecified atom stereocenters. The first-order chi connectivity index (χ1) is 20.2. The van der Waals surface area contributed by atoms with Crippen LogP contribution in [0.25, 0.3) is 0 Å². The molecule has 5 aromatic carbocycles. The minimum atomic E-state index is -0.604. The van der Waals surface area contributed by atoms with Gasteiger partial charge in [-0.15, -0.1) is 12.4 Å².